The van der Waals surface area contributed by atoms with Crippen molar-refractivity contribution in [3.63, 3.8) is 0 Å². The van der Waals surface area contributed by atoms with E-state index in [2.05, 4.69) is 10.6 Å². The third-order valence-electron chi connectivity index (χ3n) is 3.86. The van der Waals surface area contributed by atoms with E-state index in [-0.39, 0.29) is 18.3 Å². The number of para-hydroxylation sites is 1. The van der Waals surface area contributed by atoms with E-state index in [0.29, 0.717) is 12.3 Å². The van der Waals surface area contributed by atoms with Crippen LogP contribution in [0.2, 0.25) is 0 Å². The first-order valence-corrected chi connectivity index (χ1v) is 7.32. The summed E-state index contributed by atoms with van der Waals surface area (Å²) in [5, 5.41) is 6.19. The standard InChI is InChI=1S/C16H24N2O.ClH/c1-17-12-14-9-5-6-10-15(14)18-16(19)11-13-7-3-2-4-8-13;/h5-6,9-10,13,17H,2-4,7-8,11-12H2,1H3,(H,18,19);1H. The molecule has 3 nitrogen and oxygen atoms in total. The summed E-state index contributed by atoms with van der Waals surface area (Å²) in [5.41, 5.74) is 2.08. The summed E-state index contributed by atoms with van der Waals surface area (Å²) in [6, 6.07) is 8.00. The Labute approximate surface area is 127 Å². The van der Waals surface area contributed by atoms with Gasteiger partial charge in [0.1, 0.15) is 0 Å². The first-order valence-electron chi connectivity index (χ1n) is 7.32. The number of halogens is 1. The Hall–Kier alpha value is -1.06. The number of amides is 1. The highest BCUT2D eigenvalue weighted by molar-refractivity contribution is 5.91. The summed E-state index contributed by atoms with van der Waals surface area (Å²) < 4.78 is 0. The summed E-state index contributed by atoms with van der Waals surface area (Å²) in [6.07, 6.45) is 7.01. The Morgan fingerprint density at radius 3 is 2.60 bits per heavy atom. The van der Waals surface area contributed by atoms with Gasteiger partial charge in [0.25, 0.3) is 0 Å². The topological polar surface area (TPSA) is 41.1 Å². The molecule has 1 aliphatic carbocycles. The molecular formula is C16H25ClN2O. The zero-order chi connectivity index (χ0) is 13.5. The molecule has 1 aliphatic rings. The highest BCUT2D eigenvalue weighted by Gasteiger charge is 2.17. The van der Waals surface area contributed by atoms with E-state index < -0.39 is 0 Å². The number of hydrogen-bond acceptors (Lipinski definition) is 2. The van der Waals surface area contributed by atoms with Crippen LogP contribution in [0.25, 0.3) is 0 Å². The van der Waals surface area contributed by atoms with Crippen LogP contribution < -0.4 is 10.6 Å². The van der Waals surface area contributed by atoms with Crippen molar-refractivity contribution in [1.29, 1.82) is 0 Å². The van der Waals surface area contributed by atoms with Gasteiger partial charge in [-0.05, 0) is 37.4 Å². The molecule has 0 radical (unpaired) electrons. The molecule has 20 heavy (non-hydrogen) atoms. The lowest BCUT2D eigenvalue weighted by atomic mass is 9.87. The number of hydrogen-bond donors (Lipinski definition) is 2. The normalized spacial score (nSPS) is 15.4. The number of benzene rings is 1. The van der Waals surface area contributed by atoms with Crippen molar-refractivity contribution < 1.29 is 4.79 Å². The molecule has 1 fully saturated rings. The predicted molar refractivity (Wildman–Crippen MR) is 86.3 cm³/mol. The van der Waals surface area contributed by atoms with Crippen molar-refractivity contribution in [2.75, 3.05) is 12.4 Å². The van der Waals surface area contributed by atoms with E-state index in [0.717, 1.165) is 17.8 Å². The van der Waals surface area contributed by atoms with Gasteiger partial charge in [-0.15, -0.1) is 12.4 Å². The first kappa shape index (κ1) is 17.0. The maximum Gasteiger partial charge on any atom is 0.224 e. The molecule has 2 N–H and O–H groups in total. The minimum absolute atomic E-state index is 0. The second kappa shape index (κ2) is 8.98. The number of carbonyl (C=O) groups is 1. The fourth-order valence-electron chi connectivity index (χ4n) is 2.84. The minimum atomic E-state index is 0. The molecule has 0 unspecified atom stereocenters. The van der Waals surface area contributed by atoms with Crippen LogP contribution in [0.15, 0.2) is 24.3 Å². The van der Waals surface area contributed by atoms with Crippen molar-refractivity contribution in [3.05, 3.63) is 29.8 Å². The van der Waals surface area contributed by atoms with Gasteiger partial charge < -0.3 is 10.6 Å². The van der Waals surface area contributed by atoms with Gasteiger partial charge in [0.05, 0.1) is 0 Å². The number of rotatable bonds is 5. The maximum absolute atomic E-state index is 12.1. The Bertz CT molecular complexity index is 417. The van der Waals surface area contributed by atoms with Crippen molar-refractivity contribution in [2.24, 2.45) is 5.92 Å². The van der Waals surface area contributed by atoms with Gasteiger partial charge in [0.2, 0.25) is 5.91 Å². The lowest BCUT2D eigenvalue weighted by Crippen LogP contribution is -2.19. The molecule has 0 atom stereocenters. The molecule has 1 amide bonds. The third-order valence-corrected chi connectivity index (χ3v) is 3.86. The molecule has 112 valence electrons. The van der Waals surface area contributed by atoms with Crippen LogP contribution in [0.5, 0.6) is 0 Å². The molecule has 0 aromatic heterocycles. The molecule has 1 aromatic carbocycles. The van der Waals surface area contributed by atoms with Crippen LogP contribution in [0.4, 0.5) is 5.69 Å². The summed E-state index contributed by atoms with van der Waals surface area (Å²) >= 11 is 0. The Morgan fingerprint density at radius 2 is 1.90 bits per heavy atom. The fraction of sp³-hybridized carbons (Fsp3) is 0.562. The summed E-state index contributed by atoms with van der Waals surface area (Å²) in [6.45, 7) is 0.778. The van der Waals surface area contributed by atoms with Gasteiger partial charge in [-0.3, -0.25) is 4.79 Å². The third kappa shape index (κ3) is 5.14. The fourth-order valence-corrected chi connectivity index (χ4v) is 2.84. The van der Waals surface area contributed by atoms with Crippen LogP contribution >= 0.6 is 12.4 Å². The van der Waals surface area contributed by atoms with E-state index in [1.807, 2.05) is 31.3 Å². The highest BCUT2D eigenvalue weighted by atomic mass is 35.5. The number of nitrogens with one attached hydrogen (secondary N) is 2. The zero-order valence-electron chi connectivity index (χ0n) is 12.2. The minimum Gasteiger partial charge on any atom is -0.326 e. The number of anilines is 1. The second-order valence-electron chi connectivity index (χ2n) is 5.44. The molecule has 0 saturated heterocycles. The molecule has 1 saturated carbocycles. The average Bonchev–Trinajstić information content (AvgIpc) is 2.42. The quantitative estimate of drug-likeness (QED) is 0.869. The molecule has 0 aliphatic heterocycles. The molecule has 1 aromatic rings. The Morgan fingerprint density at radius 1 is 1.20 bits per heavy atom. The smallest absolute Gasteiger partial charge is 0.224 e. The van der Waals surface area contributed by atoms with E-state index in [1.54, 1.807) is 0 Å². The number of carbonyl (C=O) groups excluding carboxylic acids is 1. The van der Waals surface area contributed by atoms with Gasteiger partial charge in [0, 0.05) is 18.7 Å². The summed E-state index contributed by atoms with van der Waals surface area (Å²) in [7, 11) is 1.92. The molecule has 0 heterocycles. The predicted octanol–water partition coefficient (Wildman–Crippen LogP) is 3.74. The van der Waals surface area contributed by atoms with Gasteiger partial charge in [-0.2, -0.15) is 0 Å². The Balaban J connectivity index is 0.00000200. The summed E-state index contributed by atoms with van der Waals surface area (Å²) in [4.78, 5) is 12.1. The van der Waals surface area contributed by atoms with Crippen molar-refractivity contribution in [2.45, 2.75) is 45.1 Å². The molecule has 0 spiro atoms. The van der Waals surface area contributed by atoms with E-state index >= 15 is 0 Å². The first-order chi connectivity index (χ1) is 9.29. The largest absolute Gasteiger partial charge is 0.326 e. The SMILES string of the molecule is CNCc1ccccc1NC(=O)CC1CCCCC1.Cl. The van der Waals surface area contributed by atoms with E-state index in [4.69, 9.17) is 0 Å². The monoisotopic (exact) mass is 296 g/mol. The van der Waals surface area contributed by atoms with Gasteiger partial charge in [-0.25, -0.2) is 0 Å². The van der Waals surface area contributed by atoms with Gasteiger partial charge in [-0.1, -0.05) is 37.5 Å². The van der Waals surface area contributed by atoms with Crippen LogP contribution in [-0.2, 0) is 11.3 Å². The van der Waals surface area contributed by atoms with E-state index in [1.165, 1.54) is 32.1 Å². The van der Waals surface area contributed by atoms with Crippen molar-refractivity contribution in [1.82, 2.24) is 5.32 Å². The summed E-state index contributed by atoms with van der Waals surface area (Å²) in [5.74, 6) is 0.751. The van der Waals surface area contributed by atoms with Crippen LogP contribution in [0.3, 0.4) is 0 Å². The molecule has 0 bridgehead atoms. The van der Waals surface area contributed by atoms with Crippen LogP contribution in [0, 0.1) is 5.92 Å². The van der Waals surface area contributed by atoms with Crippen LogP contribution in [0.1, 0.15) is 44.1 Å². The second-order valence-corrected chi connectivity index (χ2v) is 5.44. The zero-order valence-corrected chi connectivity index (χ0v) is 13.0. The lowest BCUT2D eigenvalue weighted by molar-refractivity contribution is -0.117. The van der Waals surface area contributed by atoms with Crippen molar-refractivity contribution >= 4 is 24.0 Å². The lowest BCUT2D eigenvalue weighted by Gasteiger charge is -2.21. The Kier molecular flexibility index (Phi) is 7.63. The van der Waals surface area contributed by atoms with E-state index in [9.17, 15) is 4.79 Å². The van der Waals surface area contributed by atoms with Gasteiger partial charge in [0.15, 0.2) is 0 Å². The maximum atomic E-state index is 12.1. The molecular weight excluding hydrogens is 272 g/mol. The highest BCUT2D eigenvalue weighted by Crippen LogP contribution is 2.26. The average molecular weight is 297 g/mol. The van der Waals surface area contributed by atoms with Crippen LogP contribution in [-0.4, -0.2) is 13.0 Å². The molecule has 2 rings (SSSR count). The van der Waals surface area contributed by atoms with Gasteiger partial charge >= 0.3 is 0 Å². The van der Waals surface area contributed by atoms with Crippen molar-refractivity contribution in [3.8, 4) is 0 Å². The molecule has 4 heteroatoms.